The van der Waals surface area contributed by atoms with Crippen molar-refractivity contribution in [2.75, 3.05) is 20.6 Å². The molecule has 0 bridgehead atoms. The first-order chi connectivity index (χ1) is 8.56. The van der Waals surface area contributed by atoms with E-state index in [0.717, 1.165) is 0 Å². The second-order valence-corrected chi connectivity index (χ2v) is 4.33. The van der Waals surface area contributed by atoms with Gasteiger partial charge in [-0.3, -0.25) is 0 Å². The van der Waals surface area contributed by atoms with Crippen LogP contribution in [0.25, 0.3) is 11.5 Å². The molecule has 0 aliphatic rings. The molecule has 0 aliphatic carbocycles. The Morgan fingerprint density at radius 2 is 2.00 bits per heavy atom. The third-order valence-corrected chi connectivity index (χ3v) is 2.43. The zero-order chi connectivity index (χ0) is 13.1. The highest BCUT2D eigenvalue weighted by atomic mass is 19.1. The zero-order valence-electron chi connectivity index (χ0n) is 10.3. The number of aromatic nitrogens is 2. The number of halogens is 1. The monoisotopic (exact) mass is 250 g/mol. The fourth-order valence-corrected chi connectivity index (χ4v) is 1.57. The lowest BCUT2D eigenvalue weighted by molar-refractivity contribution is 0.357. The molecule has 0 saturated heterocycles. The average Bonchev–Trinajstić information content (AvgIpc) is 2.78. The molecule has 18 heavy (non-hydrogen) atoms. The van der Waals surface area contributed by atoms with Gasteiger partial charge in [0, 0.05) is 12.1 Å². The Kier molecular flexibility index (Phi) is 3.69. The molecule has 0 aliphatic heterocycles. The van der Waals surface area contributed by atoms with E-state index in [4.69, 9.17) is 10.3 Å². The summed E-state index contributed by atoms with van der Waals surface area (Å²) in [5, 5.41) is 3.84. The summed E-state index contributed by atoms with van der Waals surface area (Å²) in [4.78, 5) is 6.15. The first kappa shape index (κ1) is 12.7. The number of likely N-dealkylation sites (N-methyl/N-ethyl adjacent to an activating group) is 1. The van der Waals surface area contributed by atoms with Gasteiger partial charge in [0.1, 0.15) is 5.82 Å². The summed E-state index contributed by atoms with van der Waals surface area (Å²) in [7, 11) is 3.83. The Morgan fingerprint density at radius 3 is 2.61 bits per heavy atom. The maximum atomic E-state index is 12.8. The van der Waals surface area contributed by atoms with Gasteiger partial charge in [-0.15, -0.1) is 0 Å². The van der Waals surface area contributed by atoms with Crippen molar-refractivity contribution >= 4 is 0 Å². The minimum absolute atomic E-state index is 0.303. The van der Waals surface area contributed by atoms with Crippen molar-refractivity contribution in [3.63, 3.8) is 0 Å². The van der Waals surface area contributed by atoms with Crippen LogP contribution in [0, 0.1) is 5.82 Å². The molecule has 1 aromatic carbocycles. The normalized spacial score (nSPS) is 12.9. The van der Waals surface area contributed by atoms with Crippen LogP contribution >= 0.6 is 0 Å². The first-order valence-corrected chi connectivity index (χ1v) is 5.56. The first-order valence-electron chi connectivity index (χ1n) is 5.56. The SMILES string of the molecule is CN(C)CC(N)c1noc(-c2ccc(F)cc2)n1. The number of nitrogens with zero attached hydrogens (tertiary/aromatic N) is 3. The molecule has 0 fully saturated rings. The van der Waals surface area contributed by atoms with E-state index in [1.807, 2.05) is 19.0 Å². The summed E-state index contributed by atoms with van der Waals surface area (Å²) in [5.41, 5.74) is 6.60. The van der Waals surface area contributed by atoms with E-state index in [9.17, 15) is 4.39 Å². The minimum Gasteiger partial charge on any atom is -0.334 e. The molecule has 2 aromatic rings. The van der Waals surface area contributed by atoms with Crippen LogP contribution in [-0.2, 0) is 0 Å². The molecule has 0 amide bonds. The zero-order valence-corrected chi connectivity index (χ0v) is 10.3. The summed E-state index contributed by atoms with van der Waals surface area (Å²) in [6.45, 7) is 0.627. The predicted molar refractivity (Wildman–Crippen MR) is 65.2 cm³/mol. The van der Waals surface area contributed by atoms with Gasteiger partial charge in [-0.05, 0) is 38.4 Å². The maximum Gasteiger partial charge on any atom is 0.257 e. The highest BCUT2D eigenvalue weighted by Gasteiger charge is 2.15. The van der Waals surface area contributed by atoms with Crippen LogP contribution < -0.4 is 5.73 Å². The molecule has 6 heteroatoms. The molecule has 5 nitrogen and oxygen atoms in total. The van der Waals surface area contributed by atoms with Crippen molar-refractivity contribution in [1.82, 2.24) is 15.0 Å². The van der Waals surface area contributed by atoms with Crippen LogP contribution in [0.4, 0.5) is 4.39 Å². The van der Waals surface area contributed by atoms with Gasteiger partial charge >= 0.3 is 0 Å². The van der Waals surface area contributed by atoms with Crippen molar-refractivity contribution < 1.29 is 8.91 Å². The lowest BCUT2D eigenvalue weighted by atomic mass is 10.2. The van der Waals surface area contributed by atoms with Crippen molar-refractivity contribution in [3.05, 3.63) is 35.9 Å². The quantitative estimate of drug-likeness (QED) is 0.889. The molecule has 2 N–H and O–H groups in total. The lowest BCUT2D eigenvalue weighted by Crippen LogP contribution is -2.26. The molecule has 0 saturated carbocycles. The topological polar surface area (TPSA) is 68.2 Å². The predicted octanol–water partition coefficient (Wildman–Crippen LogP) is 1.44. The van der Waals surface area contributed by atoms with E-state index in [-0.39, 0.29) is 11.9 Å². The van der Waals surface area contributed by atoms with Crippen molar-refractivity contribution in [3.8, 4) is 11.5 Å². The highest BCUT2D eigenvalue weighted by Crippen LogP contribution is 2.19. The van der Waals surface area contributed by atoms with Gasteiger partial charge in [0.15, 0.2) is 5.82 Å². The minimum atomic E-state index is -0.307. The Hall–Kier alpha value is -1.79. The second kappa shape index (κ2) is 5.24. The number of nitrogens with two attached hydrogens (primary N) is 1. The average molecular weight is 250 g/mol. The fourth-order valence-electron chi connectivity index (χ4n) is 1.57. The number of rotatable bonds is 4. The van der Waals surface area contributed by atoms with E-state index in [1.54, 1.807) is 12.1 Å². The summed E-state index contributed by atoms with van der Waals surface area (Å²) < 4.78 is 17.9. The third-order valence-electron chi connectivity index (χ3n) is 2.43. The largest absolute Gasteiger partial charge is 0.334 e. The Bertz CT molecular complexity index is 509. The lowest BCUT2D eigenvalue weighted by Gasteiger charge is -2.12. The summed E-state index contributed by atoms with van der Waals surface area (Å²) in [6.07, 6.45) is 0. The van der Waals surface area contributed by atoms with Gasteiger partial charge in [0.25, 0.3) is 5.89 Å². The molecule has 2 rings (SSSR count). The van der Waals surface area contributed by atoms with Gasteiger partial charge in [-0.25, -0.2) is 4.39 Å². The summed E-state index contributed by atoms with van der Waals surface area (Å²) in [6, 6.07) is 5.56. The van der Waals surface area contributed by atoms with E-state index in [2.05, 4.69) is 10.1 Å². The summed E-state index contributed by atoms with van der Waals surface area (Å²) >= 11 is 0. The van der Waals surface area contributed by atoms with Crippen LogP contribution in [0.5, 0.6) is 0 Å². The standard InChI is InChI=1S/C12H15FN4O/c1-17(2)7-10(14)11-15-12(18-16-11)8-3-5-9(13)6-4-8/h3-6,10H,7,14H2,1-2H3. The molecule has 1 heterocycles. The third kappa shape index (κ3) is 2.91. The molecule has 1 aromatic heterocycles. The van der Waals surface area contributed by atoms with Gasteiger partial charge in [0.2, 0.25) is 0 Å². The maximum absolute atomic E-state index is 12.8. The van der Waals surface area contributed by atoms with Crippen LogP contribution in [0.1, 0.15) is 11.9 Å². The molecular formula is C12H15FN4O. The van der Waals surface area contributed by atoms with Gasteiger partial charge in [-0.2, -0.15) is 4.98 Å². The molecular weight excluding hydrogens is 235 g/mol. The molecule has 0 radical (unpaired) electrons. The molecule has 1 atom stereocenters. The van der Waals surface area contributed by atoms with E-state index < -0.39 is 0 Å². The van der Waals surface area contributed by atoms with E-state index in [0.29, 0.717) is 23.8 Å². The number of hydrogen-bond acceptors (Lipinski definition) is 5. The summed E-state index contributed by atoms with van der Waals surface area (Å²) in [5.74, 6) is 0.491. The van der Waals surface area contributed by atoms with E-state index in [1.165, 1.54) is 12.1 Å². The van der Waals surface area contributed by atoms with Crippen LogP contribution in [-0.4, -0.2) is 35.7 Å². The van der Waals surface area contributed by atoms with Crippen molar-refractivity contribution in [1.29, 1.82) is 0 Å². The number of benzene rings is 1. The Balaban J connectivity index is 2.17. The van der Waals surface area contributed by atoms with Crippen LogP contribution in [0.15, 0.2) is 28.8 Å². The number of hydrogen-bond donors (Lipinski definition) is 1. The van der Waals surface area contributed by atoms with Gasteiger partial charge in [0.05, 0.1) is 6.04 Å². The Morgan fingerprint density at radius 1 is 1.33 bits per heavy atom. The molecule has 96 valence electrons. The van der Waals surface area contributed by atoms with Crippen LogP contribution in [0.3, 0.4) is 0 Å². The van der Waals surface area contributed by atoms with Crippen molar-refractivity contribution in [2.45, 2.75) is 6.04 Å². The highest BCUT2D eigenvalue weighted by molar-refractivity contribution is 5.52. The smallest absolute Gasteiger partial charge is 0.257 e. The van der Waals surface area contributed by atoms with E-state index >= 15 is 0 Å². The van der Waals surface area contributed by atoms with Gasteiger partial charge < -0.3 is 15.2 Å². The fraction of sp³-hybridized carbons (Fsp3) is 0.333. The molecule has 1 unspecified atom stereocenters. The van der Waals surface area contributed by atoms with Gasteiger partial charge in [-0.1, -0.05) is 5.16 Å². The second-order valence-electron chi connectivity index (χ2n) is 4.33. The Labute approximate surface area is 104 Å². The molecule has 0 spiro atoms. The van der Waals surface area contributed by atoms with Crippen LogP contribution in [0.2, 0.25) is 0 Å². The van der Waals surface area contributed by atoms with Crippen molar-refractivity contribution in [2.24, 2.45) is 5.73 Å².